The van der Waals surface area contributed by atoms with Crippen molar-refractivity contribution < 1.29 is 168 Å². The van der Waals surface area contributed by atoms with Crippen molar-refractivity contribution in [1.82, 2.24) is 0 Å². The Kier molecular flexibility index (Phi) is 137. The van der Waals surface area contributed by atoms with Crippen LogP contribution in [0.2, 0.25) is 0 Å². The van der Waals surface area contributed by atoms with Gasteiger partial charge in [0.1, 0.15) is 11.6 Å². The van der Waals surface area contributed by atoms with Crippen LogP contribution in [0.4, 0.5) is 0 Å². The third kappa shape index (κ3) is 118. The number of aliphatic hydroxyl groups is 2. The van der Waals surface area contributed by atoms with E-state index in [1.54, 1.807) is 13.8 Å². The molecule has 2 unspecified atom stereocenters. The molecular weight excluding hydrogens is 1280 g/mol. The van der Waals surface area contributed by atoms with Gasteiger partial charge in [0.05, 0.1) is 6.10 Å². The van der Waals surface area contributed by atoms with Crippen LogP contribution >= 0.6 is 24.0 Å². The van der Waals surface area contributed by atoms with Gasteiger partial charge in [-0.15, -0.1) is 24.0 Å². The van der Waals surface area contributed by atoms with Gasteiger partial charge >= 0.3 is 0 Å². The second kappa shape index (κ2) is 68.0. The molecule has 2 atom stereocenters. The average molecular weight is 1330 g/mol. The van der Waals surface area contributed by atoms with Crippen LogP contribution in [-0.4, -0.2) is 58.1 Å². The summed E-state index contributed by atoms with van der Waals surface area (Å²) in [4.78, 5) is 58.9. The molecule has 2 radical (unpaired) electrons. The average Bonchev–Trinajstić information content (AvgIpc) is 2.69. The van der Waals surface area contributed by atoms with E-state index in [1.807, 2.05) is 6.92 Å². The number of halogens is 1. The second-order valence-corrected chi connectivity index (χ2v) is 6.34. The van der Waals surface area contributed by atoms with E-state index in [9.17, 15) is 19.2 Å². The van der Waals surface area contributed by atoms with Gasteiger partial charge in [0.25, 0.3) is 0 Å². The van der Waals surface area contributed by atoms with Crippen LogP contribution in [0.15, 0.2) is 0 Å². The van der Waals surface area contributed by atoms with Gasteiger partial charge < -0.3 is 50.2 Å². The zero-order chi connectivity index (χ0) is 26.5. The monoisotopic (exact) mass is 1330 g/mol. The maximum atomic E-state index is 10.4. The first-order valence-corrected chi connectivity index (χ1v) is 10.4. The summed E-state index contributed by atoms with van der Waals surface area (Å²) < 4.78 is 0. The molecule has 0 aliphatic rings. The quantitative estimate of drug-likeness (QED) is 0.179. The summed E-state index contributed by atoms with van der Waals surface area (Å²) in [7, 11) is 0. The number of hydrogen-bond donors (Lipinski definition) is 2. The predicted molar refractivity (Wildman–Crippen MR) is 147 cm³/mol. The fraction of sp³-hybridized carbons (Fsp3) is 0.640. The molecule has 0 spiro atoms. The standard InChI is InChI=1S/C6H13O2.2C6H9O2.C3H2O2.C3H8.CH4.HI.3W.2Y/c3*1-3-6(8)4-5(2)7;4-2-1-3-5;1-3-2;;;;;;;/h5-8H,2-4H2,1H3;2*2-4H2,1H3;1H2;3H2,1-2H3;1H4;1H;;;;;/q3*-1;-2;;;;;;;;. The summed E-state index contributed by atoms with van der Waals surface area (Å²) in [6.07, 6.45) is 4.64. The molecular formula is C25H46IO8W3Y2-5. The maximum Gasteiger partial charge on any atom is 0.137 e. The first-order valence-electron chi connectivity index (χ1n) is 10.4. The number of aliphatic hydroxyl groups excluding tert-OH is 2. The molecule has 0 aromatic rings. The Labute approximate surface area is 348 Å². The van der Waals surface area contributed by atoms with Gasteiger partial charge in [0.2, 0.25) is 0 Å². The topological polar surface area (TPSA) is 143 Å². The molecule has 0 aliphatic heterocycles. The minimum Gasteiger partial charge on any atom is -0.544 e. The van der Waals surface area contributed by atoms with Crippen molar-refractivity contribution >= 4 is 59.7 Å². The second-order valence-electron chi connectivity index (χ2n) is 6.34. The van der Waals surface area contributed by atoms with Crippen LogP contribution in [0.25, 0.3) is 0 Å². The number of hydrogen-bond acceptors (Lipinski definition) is 8. The van der Waals surface area contributed by atoms with Gasteiger partial charge in [-0.1, -0.05) is 54.6 Å². The zero-order valence-corrected chi connectivity index (χ0v) is 39.9. The van der Waals surface area contributed by atoms with Crippen LogP contribution in [0.3, 0.4) is 0 Å². The summed E-state index contributed by atoms with van der Waals surface area (Å²) >= 11 is 0. The fourth-order valence-corrected chi connectivity index (χ4v) is 1.20. The smallest absolute Gasteiger partial charge is 0.137 e. The first-order chi connectivity index (χ1) is 14.8. The Hall–Kier alpha value is 2.68. The van der Waals surface area contributed by atoms with Gasteiger partial charge in [-0.3, -0.25) is 28.6 Å². The molecule has 0 heterocycles. The minimum absolute atomic E-state index is 0. The van der Waals surface area contributed by atoms with E-state index in [0.29, 0.717) is 25.7 Å². The van der Waals surface area contributed by atoms with Crippen LogP contribution in [0.1, 0.15) is 93.4 Å². The number of carbonyl (C=O) groups excluding carboxylic acids is 6. The van der Waals surface area contributed by atoms with Gasteiger partial charge in [0.15, 0.2) is 0 Å². The molecule has 8 nitrogen and oxygen atoms in total. The number of rotatable bonds is 11. The van der Waals surface area contributed by atoms with Gasteiger partial charge in [-0.25, -0.2) is 0 Å². The zero-order valence-electron chi connectivity index (χ0n) is 23.1. The normalized spacial score (nSPS) is 8.51. The SMILES string of the molecule is C.CCC.I.O=[C-]C[C-]=O.[CH2-]C(=O)CC(=O)CC.[CH2-]C(=O)CC(=O)CC.[CH2-]C(O)CC(O)CC.[W].[W].[W].[Y].[Y]. The Bertz CT molecular complexity index is 484. The number of ketones is 4. The summed E-state index contributed by atoms with van der Waals surface area (Å²) in [5, 5.41) is 17.4. The molecule has 0 fully saturated rings. The number of Topliss-reactive ketones (excluding diaryl/α,β-unsaturated/α-hetero) is 4. The van der Waals surface area contributed by atoms with Crippen molar-refractivity contribution in [2.75, 3.05) is 0 Å². The molecule has 0 amide bonds. The largest absolute Gasteiger partial charge is 0.544 e. The van der Waals surface area contributed by atoms with E-state index >= 15 is 0 Å². The van der Waals surface area contributed by atoms with E-state index < -0.39 is 6.10 Å². The molecule has 230 valence electrons. The summed E-state index contributed by atoms with van der Waals surface area (Å²) in [5.41, 5.74) is 0. The molecule has 0 aliphatic carbocycles. The first kappa shape index (κ1) is 78.3. The Morgan fingerprint density at radius 1 is 0.744 bits per heavy atom. The van der Waals surface area contributed by atoms with Crippen molar-refractivity contribution in [2.24, 2.45) is 0 Å². The van der Waals surface area contributed by atoms with Crippen molar-refractivity contribution in [2.45, 2.75) is 106 Å². The van der Waals surface area contributed by atoms with Crippen LogP contribution in [0.5, 0.6) is 0 Å². The molecule has 0 bridgehead atoms. The van der Waals surface area contributed by atoms with Crippen molar-refractivity contribution in [3.05, 3.63) is 20.8 Å². The van der Waals surface area contributed by atoms with E-state index in [4.69, 9.17) is 19.8 Å². The molecule has 0 saturated heterocycles. The minimum atomic E-state index is -0.620. The Morgan fingerprint density at radius 2 is 1.00 bits per heavy atom. The molecule has 0 saturated carbocycles. The molecule has 2 N–H and O–H groups in total. The van der Waals surface area contributed by atoms with E-state index in [1.165, 1.54) is 19.0 Å². The molecule has 0 rings (SSSR count). The van der Waals surface area contributed by atoms with E-state index in [2.05, 4.69) is 34.6 Å². The third-order valence-corrected chi connectivity index (χ3v) is 2.74. The van der Waals surface area contributed by atoms with Crippen LogP contribution in [0, 0.1) is 20.8 Å². The van der Waals surface area contributed by atoms with Crippen molar-refractivity contribution in [3.8, 4) is 0 Å². The summed E-state index contributed by atoms with van der Waals surface area (Å²) in [6.45, 7) is 19.0. The van der Waals surface area contributed by atoms with E-state index in [-0.39, 0.29) is 209 Å². The molecule has 0 aromatic heterocycles. The molecule has 0 aromatic carbocycles. The van der Waals surface area contributed by atoms with Crippen LogP contribution < -0.4 is 0 Å². The van der Waals surface area contributed by atoms with E-state index in [0.717, 1.165) is 0 Å². The molecule has 14 heteroatoms. The summed E-state index contributed by atoms with van der Waals surface area (Å²) in [5.74, 6) is -0.663. The van der Waals surface area contributed by atoms with Gasteiger partial charge in [-0.2, -0.15) is 0 Å². The molecule has 39 heavy (non-hydrogen) atoms. The Balaban J connectivity index is -0.0000000230. The summed E-state index contributed by atoms with van der Waals surface area (Å²) in [6, 6.07) is 0. The fourth-order valence-electron chi connectivity index (χ4n) is 1.20. The Morgan fingerprint density at radius 3 is 1.05 bits per heavy atom. The predicted octanol–water partition coefficient (Wildman–Crippen LogP) is 4.11. The van der Waals surface area contributed by atoms with Crippen LogP contribution in [-0.2, 0) is 157 Å². The maximum absolute atomic E-state index is 10.4. The number of carbonyl (C=O) groups is 4. The third-order valence-electron chi connectivity index (χ3n) is 2.74. The van der Waals surface area contributed by atoms with Gasteiger partial charge in [0, 0.05) is 166 Å². The van der Waals surface area contributed by atoms with Gasteiger partial charge in [-0.05, 0) is 12.8 Å². The van der Waals surface area contributed by atoms with Crippen molar-refractivity contribution in [3.63, 3.8) is 0 Å². The van der Waals surface area contributed by atoms with Crippen molar-refractivity contribution in [1.29, 1.82) is 0 Å².